The molecule has 1 spiro atoms. The Morgan fingerprint density at radius 3 is 2.73 bits per heavy atom. The van der Waals surface area contributed by atoms with E-state index < -0.39 is 0 Å². The Labute approximate surface area is 73.3 Å². The van der Waals surface area contributed by atoms with E-state index in [1.54, 1.807) is 0 Å². The molecule has 0 aromatic rings. The maximum atomic E-state index is 3.57. The first-order chi connectivity index (χ1) is 5.41. The summed E-state index contributed by atoms with van der Waals surface area (Å²) in [5, 5.41) is 3.57. The van der Waals surface area contributed by atoms with E-state index in [0.29, 0.717) is 0 Å². The van der Waals surface area contributed by atoms with Crippen LogP contribution in [0.4, 0.5) is 0 Å². The molecule has 0 aromatic heterocycles. The molecule has 2 aliphatic rings. The van der Waals surface area contributed by atoms with Gasteiger partial charge < -0.3 is 5.32 Å². The van der Waals surface area contributed by atoms with Crippen LogP contribution in [0.2, 0.25) is 0 Å². The quantitative estimate of drug-likeness (QED) is 0.597. The zero-order chi connectivity index (χ0) is 7.57. The van der Waals surface area contributed by atoms with Crippen LogP contribution in [0.5, 0.6) is 0 Å². The van der Waals surface area contributed by atoms with Crippen LogP contribution in [-0.4, -0.2) is 24.6 Å². The van der Waals surface area contributed by atoms with Gasteiger partial charge >= 0.3 is 0 Å². The summed E-state index contributed by atoms with van der Waals surface area (Å²) in [6.45, 7) is 2.55. The SMILES string of the molecule is C1CCNCC2(CC1)CSC2. The van der Waals surface area contributed by atoms with Gasteiger partial charge in [0, 0.05) is 23.5 Å². The van der Waals surface area contributed by atoms with E-state index in [1.807, 2.05) is 0 Å². The van der Waals surface area contributed by atoms with Gasteiger partial charge in [0.15, 0.2) is 0 Å². The van der Waals surface area contributed by atoms with E-state index in [4.69, 9.17) is 0 Å². The molecule has 0 bridgehead atoms. The van der Waals surface area contributed by atoms with E-state index >= 15 is 0 Å². The van der Waals surface area contributed by atoms with Crippen molar-refractivity contribution in [2.75, 3.05) is 24.6 Å². The highest BCUT2D eigenvalue weighted by Gasteiger charge is 2.36. The molecule has 0 unspecified atom stereocenters. The van der Waals surface area contributed by atoms with E-state index in [-0.39, 0.29) is 0 Å². The van der Waals surface area contributed by atoms with Crippen LogP contribution < -0.4 is 5.32 Å². The number of hydrogen-bond donors (Lipinski definition) is 1. The van der Waals surface area contributed by atoms with Crippen molar-refractivity contribution in [3.05, 3.63) is 0 Å². The van der Waals surface area contributed by atoms with Crippen molar-refractivity contribution in [3.8, 4) is 0 Å². The zero-order valence-electron chi connectivity index (χ0n) is 7.07. The summed E-state index contributed by atoms with van der Waals surface area (Å²) in [6, 6.07) is 0. The van der Waals surface area contributed by atoms with Crippen LogP contribution in [0, 0.1) is 5.41 Å². The minimum absolute atomic E-state index is 0.727. The topological polar surface area (TPSA) is 12.0 Å². The minimum Gasteiger partial charge on any atom is -0.316 e. The van der Waals surface area contributed by atoms with Gasteiger partial charge in [-0.1, -0.05) is 12.8 Å². The highest BCUT2D eigenvalue weighted by Crippen LogP contribution is 2.42. The Morgan fingerprint density at radius 1 is 1.09 bits per heavy atom. The summed E-state index contributed by atoms with van der Waals surface area (Å²) in [5.41, 5.74) is 0.727. The molecule has 0 saturated carbocycles. The third kappa shape index (κ3) is 1.73. The lowest BCUT2D eigenvalue weighted by atomic mass is 9.84. The third-order valence-electron chi connectivity index (χ3n) is 2.88. The van der Waals surface area contributed by atoms with Gasteiger partial charge in [0.05, 0.1) is 0 Å². The summed E-state index contributed by atoms with van der Waals surface area (Å²) < 4.78 is 0. The number of hydrogen-bond acceptors (Lipinski definition) is 2. The largest absolute Gasteiger partial charge is 0.316 e. The predicted octanol–water partition coefficient (Wildman–Crippen LogP) is 1.88. The van der Waals surface area contributed by atoms with Crippen molar-refractivity contribution in [2.24, 2.45) is 5.41 Å². The average Bonchev–Trinajstić information content (AvgIpc) is 1.82. The maximum absolute atomic E-state index is 3.57. The van der Waals surface area contributed by atoms with Gasteiger partial charge in [-0.15, -0.1) is 0 Å². The molecule has 2 fully saturated rings. The second kappa shape index (κ2) is 3.36. The van der Waals surface area contributed by atoms with Crippen molar-refractivity contribution >= 4 is 11.8 Å². The summed E-state index contributed by atoms with van der Waals surface area (Å²) in [4.78, 5) is 0. The van der Waals surface area contributed by atoms with Crippen LogP contribution in [0.25, 0.3) is 0 Å². The molecule has 1 N–H and O–H groups in total. The lowest BCUT2D eigenvalue weighted by Crippen LogP contribution is -2.45. The number of rotatable bonds is 0. The molecular weight excluding hydrogens is 154 g/mol. The zero-order valence-corrected chi connectivity index (χ0v) is 7.88. The Morgan fingerprint density at radius 2 is 2.00 bits per heavy atom. The van der Waals surface area contributed by atoms with Crippen molar-refractivity contribution in [3.63, 3.8) is 0 Å². The van der Waals surface area contributed by atoms with Gasteiger partial charge in [0.1, 0.15) is 0 Å². The average molecular weight is 171 g/mol. The molecule has 2 heterocycles. The van der Waals surface area contributed by atoms with Crippen molar-refractivity contribution in [2.45, 2.75) is 25.7 Å². The van der Waals surface area contributed by atoms with Gasteiger partial charge in [-0.25, -0.2) is 0 Å². The van der Waals surface area contributed by atoms with Gasteiger partial charge in [0.25, 0.3) is 0 Å². The van der Waals surface area contributed by atoms with E-state index in [0.717, 1.165) is 5.41 Å². The second-order valence-electron chi connectivity index (χ2n) is 3.98. The fourth-order valence-electron chi connectivity index (χ4n) is 2.01. The Balaban J connectivity index is 1.86. The van der Waals surface area contributed by atoms with Crippen LogP contribution in [-0.2, 0) is 0 Å². The molecule has 2 rings (SSSR count). The molecular formula is C9H17NS. The van der Waals surface area contributed by atoms with Crippen LogP contribution in [0.1, 0.15) is 25.7 Å². The molecule has 0 amide bonds. The second-order valence-corrected chi connectivity index (χ2v) is 4.97. The highest BCUT2D eigenvalue weighted by molar-refractivity contribution is 8.00. The Hall–Kier alpha value is 0.310. The molecule has 2 heteroatoms. The molecule has 2 aliphatic heterocycles. The molecule has 11 heavy (non-hydrogen) atoms. The third-order valence-corrected chi connectivity index (χ3v) is 4.51. The van der Waals surface area contributed by atoms with Gasteiger partial charge in [-0.05, 0) is 19.4 Å². The first-order valence-corrected chi connectivity index (χ1v) is 5.85. The molecule has 0 radical (unpaired) electrons. The first-order valence-electron chi connectivity index (χ1n) is 4.70. The van der Waals surface area contributed by atoms with Crippen LogP contribution in [0.3, 0.4) is 0 Å². The summed E-state index contributed by atoms with van der Waals surface area (Å²) in [5.74, 6) is 2.83. The molecule has 64 valence electrons. The normalized spacial score (nSPS) is 30.5. The lowest BCUT2D eigenvalue weighted by molar-refractivity contribution is 0.281. The van der Waals surface area contributed by atoms with Crippen molar-refractivity contribution < 1.29 is 0 Å². The molecule has 2 saturated heterocycles. The van der Waals surface area contributed by atoms with E-state index in [2.05, 4.69) is 17.1 Å². The van der Waals surface area contributed by atoms with E-state index in [1.165, 1.54) is 50.3 Å². The first kappa shape index (κ1) is 7.93. The van der Waals surface area contributed by atoms with Crippen LogP contribution >= 0.6 is 11.8 Å². The molecule has 0 aromatic carbocycles. The fourth-order valence-corrected chi connectivity index (χ4v) is 3.28. The minimum atomic E-state index is 0.727. The van der Waals surface area contributed by atoms with Gasteiger partial charge in [-0.2, -0.15) is 11.8 Å². The summed E-state index contributed by atoms with van der Waals surface area (Å²) >= 11 is 2.12. The Kier molecular flexibility index (Phi) is 2.42. The lowest BCUT2D eigenvalue weighted by Gasteiger charge is -2.42. The number of thioether (sulfide) groups is 1. The molecule has 1 nitrogen and oxygen atoms in total. The molecule has 0 aliphatic carbocycles. The monoisotopic (exact) mass is 171 g/mol. The predicted molar refractivity (Wildman–Crippen MR) is 51.1 cm³/mol. The van der Waals surface area contributed by atoms with E-state index in [9.17, 15) is 0 Å². The van der Waals surface area contributed by atoms with Crippen molar-refractivity contribution in [1.82, 2.24) is 5.32 Å². The fraction of sp³-hybridized carbons (Fsp3) is 1.00. The number of nitrogens with one attached hydrogen (secondary N) is 1. The highest BCUT2D eigenvalue weighted by atomic mass is 32.2. The van der Waals surface area contributed by atoms with Gasteiger partial charge in [0.2, 0.25) is 0 Å². The van der Waals surface area contributed by atoms with Crippen LogP contribution in [0.15, 0.2) is 0 Å². The molecule has 0 atom stereocenters. The summed E-state index contributed by atoms with van der Waals surface area (Å²) in [7, 11) is 0. The standard InChI is InChI=1S/C9H17NS/c1-2-4-9(7-11-8-9)6-10-5-3-1/h10H,1-8H2. The smallest absolute Gasteiger partial charge is 0.00237 e. The maximum Gasteiger partial charge on any atom is 0.00237 e. The van der Waals surface area contributed by atoms with Crippen molar-refractivity contribution in [1.29, 1.82) is 0 Å². The summed E-state index contributed by atoms with van der Waals surface area (Å²) in [6.07, 6.45) is 5.79. The van der Waals surface area contributed by atoms with Gasteiger partial charge in [-0.3, -0.25) is 0 Å². The Bertz CT molecular complexity index is 122.